The van der Waals surface area contributed by atoms with Crippen LogP contribution >= 0.6 is 0 Å². The van der Waals surface area contributed by atoms with Crippen molar-refractivity contribution >= 4 is 43.1 Å². The van der Waals surface area contributed by atoms with Crippen molar-refractivity contribution in [3.8, 4) is 44.9 Å². The third-order valence-corrected chi connectivity index (χ3v) is 8.31. The largest absolute Gasteiger partial charge is 0.456 e. The molecule has 0 saturated heterocycles. The Balaban J connectivity index is 1.48. The lowest BCUT2D eigenvalue weighted by atomic mass is 9.84. The van der Waals surface area contributed by atoms with Gasteiger partial charge in [-0.25, -0.2) is 0 Å². The summed E-state index contributed by atoms with van der Waals surface area (Å²) in [7, 11) is 0. The number of hydrogen-bond acceptors (Lipinski definition) is 1. The van der Waals surface area contributed by atoms with Gasteiger partial charge >= 0.3 is 0 Å². The fourth-order valence-electron chi connectivity index (χ4n) is 6.60. The Morgan fingerprint density at radius 1 is 0.439 bits per heavy atom. The summed E-state index contributed by atoms with van der Waals surface area (Å²) in [4.78, 5) is 0. The summed E-state index contributed by atoms with van der Waals surface area (Å²) in [5, 5.41) is 7.60. The van der Waals surface area contributed by atoms with Crippen molar-refractivity contribution in [3.63, 3.8) is 0 Å². The van der Waals surface area contributed by atoms with Crippen molar-refractivity contribution in [2.75, 3.05) is 0 Å². The molecule has 0 saturated carbocycles. The van der Waals surface area contributed by atoms with E-state index in [2.05, 4.69) is 54.6 Å². The van der Waals surface area contributed by atoms with Crippen molar-refractivity contribution in [1.82, 2.24) is 0 Å². The maximum atomic E-state index is 9.00. The van der Waals surface area contributed by atoms with Crippen molar-refractivity contribution in [2.24, 2.45) is 0 Å². The average Bonchev–Trinajstić information content (AvgIpc) is 3.09. The van der Waals surface area contributed by atoms with Crippen LogP contribution in [0, 0.1) is 0 Å². The molecule has 0 amide bonds. The second-order valence-electron chi connectivity index (χ2n) is 10.5. The average molecular weight is 526 g/mol. The standard InChI is InChI=1S/C40H24O/c1-2-11-25(12-3-1)38-28-15-6-4-14-27(28)24-35-34(23-26-13-5-7-16-29(26)40(35)38)30-21-22-37-39-32(30)18-10-19-33(39)31-17-8-9-20-36(31)41-37/h1-24H/i1D,2D,3D,11D,12D. The summed E-state index contributed by atoms with van der Waals surface area (Å²) in [5.74, 6) is 1.64. The molecule has 8 aromatic rings. The Kier molecular flexibility index (Phi) is 3.76. The molecular weight excluding hydrogens is 496 g/mol. The number of para-hydroxylation sites is 1. The fraction of sp³-hybridized carbons (Fsp3) is 0. The Morgan fingerprint density at radius 2 is 1.15 bits per heavy atom. The predicted octanol–water partition coefficient (Wildman–Crippen LogP) is 11.4. The molecule has 9 rings (SSSR count). The van der Waals surface area contributed by atoms with Gasteiger partial charge in [0.25, 0.3) is 0 Å². The van der Waals surface area contributed by atoms with Gasteiger partial charge in [-0.3, -0.25) is 0 Å². The smallest absolute Gasteiger partial charge is 0.135 e. The van der Waals surface area contributed by atoms with E-state index in [9.17, 15) is 0 Å². The molecule has 1 aliphatic rings. The highest BCUT2D eigenvalue weighted by molar-refractivity contribution is 6.26. The Labute approximate surface area is 244 Å². The van der Waals surface area contributed by atoms with Crippen LogP contribution in [-0.2, 0) is 0 Å². The molecule has 0 atom stereocenters. The lowest BCUT2D eigenvalue weighted by molar-refractivity contribution is 0.487. The van der Waals surface area contributed by atoms with E-state index in [1.54, 1.807) is 0 Å². The number of fused-ring (bicyclic) bond motifs is 6. The van der Waals surface area contributed by atoms with Gasteiger partial charge in [0.05, 0.1) is 6.85 Å². The summed E-state index contributed by atoms with van der Waals surface area (Å²) < 4.78 is 49.7. The lowest BCUT2D eigenvalue weighted by Gasteiger charge is -2.23. The minimum absolute atomic E-state index is 0.206. The van der Waals surface area contributed by atoms with Gasteiger partial charge < -0.3 is 4.74 Å². The number of benzene rings is 8. The van der Waals surface area contributed by atoms with Crippen molar-refractivity contribution in [2.45, 2.75) is 0 Å². The summed E-state index contributed by atoms with van der Waals surface area (Å²) >= 11 is 0. The summed E-state index contributed by atoms with van der Waals surface area (Å²) in [6, 6.07) is 37.5. The normalized spacial score (nSPS) is 13.8. The summed E-state index contributed by atoms with van der Waals surface area (Å²) in [5.41, 5.74) is 5.04. The molecule has 0 fully saturated rings. The van der Waals surface area contributed by atoms with E-state index in [1.165, 1.54) is 0 Å². The van der Waals surface area contributed by atoms with Crippen LogP contribution in [0.4, 0.5) is 0 Å². The van der Waals surface area contributed by atoms with Gasteiger partial charge in [0.1, 0.15) is 11.5 Å². The minimum atomic E-state index is -0.401. The van der Waals surface area contributed by atoms with Crippen LogP contribution < -0.4 is 4.74 Å². The highest BCUT2D eigenvalue weighted by atomic mass is 16.5. The molecule has 0 N–H and O–H groups in total. The predicted molar refractivity (Wildman–Crippen MR) is 173 cm³/mol. The molecule has 0 radical (unpaired) electrons. The van der Waals surface area contributed by atoms with E-state index in [1.807, 2.05) is 60.7 Å². The van der Waals surface area contributed by atoms with Crippen LogP contribution in [-0.4, -0.2) is 0 Å². The van der Waals surface area contributed by atoms with Gasteiger partial charge in [0.15, 0.2) is 0 Å². The van der Waals surface area contributed by atoms with E-state index in [4.69, 9.17) is 11.6 Å². The third-order valence-electron chi connectivity index (χ3n) is 8.31. The maximum absolute atomic E-state index is 9.00. The topological polar surface area (TPSA) is 9.23 Å². The first-order valence-electron chi connectivity index (χ1n) is 16.2. The zero-order valence-electron chi connectivity index (χ0n) is 26.9. The lowest BCUT2D eigenvalue weighted by Crippen LogP contribution is -1.98. The molecule has 1 aliphatic heterocycles. The van der Waals surface area contributed by atoms with Crippen LogP contribution in [0.1, 0.15) is 6.85 Å². The fourth-order valence-corrected chi connectivity index (χ4v) is 6.60. The molecule has 0 bridgehead atoms. The maximum Gasteiger partial charge on any atom is 0.135 e. The molecule has 0 unspecified atom stereocenters. The SMILES string of the molecule is [2H]c1c([2H])c([2H])c(-c2c3ccccc3cc3c(-c4ccc5c6c(cccc46)-c4ccccc4O5)cc4ccccc4c23)c([2H])c1[2H]. The van der Waals surface area contributed by atoms with Crippen molar-refractivity contribution in [3.05, 3.63) is 145 Å². The van der Waals surface area contributed by atoms with Gasteiger partial charge in [-0.05, 0) is 89.8 Å². The van der Waals surface area contributed by atoms with Crippen LogP contribution in [0.5, 0.6) is 11.5 Å². The van der Waals surface area contributed by atoms with Gasteiger partial charge in [-0.2, -0.15) is 0 Å². The van der Waals surface area contributed by atoms with Crippen molar-refractivity contribution < 1.29 is 11.6 Å². The first-order chi connectivity index (χ1) is 22.4. The van der Waals surface area contributed by atoms with E-state index < -0.39 is 6.04 Å². The van der Waals surface area contributed by atoms with Gasteiger partial charge in [-0.15, -0.1) is 0 Å². The molecular formula is C40H24O. The zero-order chi connectivity index (χ0) is 31.3. The van der Waals surface area contributed by atoms with Crippen LogP contribution in [0.2, 0.25) is 0 Å². The zero-order valence-corrected chi connectivity index (χ0v) is 21.9. The second-order valence-corrected chi connectivity index (χ2v) is 10.5. The summed E-state index contributed by atoms with van der Waals surface area (Å²) in [6.07, 6.45) is 0. The molecule has 1 heteroatoms. The Bertz CT molecular complexity index is 2600. The number of rotatable bonds is 2. The monoisotopic (exact) mass is 525 g/mol. The molecule has 190 valence electrons. The van der Waals surface area contributed by atoms with Crippen molar-refractivity contribution in [1.29, 1.82) is 0 Å². The first kappa shape index (κ1) is 18.0. The first-order valence-corrected chi connectivity index (χ1v) is 13.7. The molecule has 0 aromatic heterocycles. The van der Waals surface area contributed by atoms with Gasteiger partial charge in [-0.1, -0.05) is 121 Å². The summed E-state index contributed by atoms with van der Waals surface area (Å²) in [6.45, 7) is 0. The van der Waals surface area contributed by atoms with Gasteiger partial charge in [0, 0.05) is 10.9 Å². The molecule has 8 aromatic carbocycles. The highest BCUT2D eigenvalue weighted by Gasteiger charge is 2.23. The minimum Gasteiger partial charge on any atom is -0.456 e. The number of ether oxygens (including phenoxy) is 1. The van der Waals surface area contributed by atoms with E-state index in [-0.39, 0.29) is 29.7 Å². The molecule has 0 aliphatic carbocycles. The Morgan fingerprint density at radius 3 is 2.02 bits per heavy atom. The number of hydrogen-bond donors (Lipinski definition) is 0. The quantitative estimate of drug-likeness (QED) is 0.161. The van der Waals surface area contributed by atoms with Crippen LogP contribution in [0.25, 0.3) is 76.5 Å². The second kappa shape index (κ2) is 8.55. The highest BCUT2D eigenvalue weighted by Crippen LogP contribution is 2.50. The molecule has 1 heterocycles. The van der Waals surface area contributed by atoms with E-state index in [0.717, 1.165) is 76.8 Å². The molecule has 41 heavy (non-hydrogen) atoms. The third kappa shape index (κ3) is 3.24. The van der Waals surface area contributed by atoms with Gasteiger partial charge in [0.2, 0.25) is 0 Å². The molecule has 1 nitrogen and oxygen atoms in total. The van der Waals surface area contributed by atoms with E-state index in [0.29, 0.717) is 5.56 Å². The Hall–Kier alpha value is -5.40. The van der Waals surface area contributed by atoms with Crippen LogP contribution in [0.15, 0.2) is 145 Å². The van der Waals surface area contributed by atoms with Crippen LogP contribution in [0.3, 0.4) is 0 Å². The molecule has 0 spiro atoms. The van der Waals surface area contributed by atoms with E-state index >= 15 is 0 Å².